The summed E-state index contributed by atoms with van der Waals surface area (Å²) in [7, 11) is 1.47. The SMILES string of the molecule is COCC(O)CN1C(=O)C2CC2C1=O. The smallest absolute Gasteiger partial charge is 0.233 e. The van der Waals surface area contributed by atoms with Crippen molar-refractivity contribution in [2.45, 2.75) is 12.5 Å². The van der Waals surface area contributed by atoms with Gasteiger partial charge in [-0.1, -0.05) is 0 Å². The van der Waals surface area contributed by atoms with Crippen LogP contribution in [0, 0.1) is 11.8 Å². The number of β-amino-alcohol motifs (C(OH)–C–C–N with tert-alkyl or cyclic N) is 1. The van der Waals surface area contributed by atoms with Crippen LogP contribution in [0.1, 0.15) is 6.42 Å². The quantitative estimate of drug-likeness (QED) is 0.590. The molecule has 1 N–H and O–H groups in total. The number of aliphatic hydroxyl groups excluding tert-OH is 1. The van der Waals surface area contributed by atoms with Crippen molar-refractivity contribution in [3.63, 3.8) is 0 Å². The maximum atomic E-state index is 11.5. The number of amides is 2. The molecule has 3 atom stereocenters. The number of rotatable bonds is 4. The molecule has 1 aliphatic carbocycles. The normalized spacial score (nSPS) is 32.0. The number of likely N-dealkylation sites (tertiary alicyclic amines) is 1. The number of hydrogen-bond acceptors (Lipinski definition) is 4. The molecule has 2 fully saturated rings. The van der Waals surface area contributed by atoms with Crippen LogP contribution < -0.4 is 0 Å². The van der Waals surface area contributed by atoms with Crippen LogP contribution in [0.25, 0.3) is 0 Å². The van der Waals surface area contributed by atoms with Crippen molar-refractivity contribution in [3.8, 4) is 0 Å². The minimum Gasteiger partial charge on any atom is -0.389 e. The summed E-state index contributed by atoms with van der Waals surface area (Å²) in [4.78, 5) is 24.1. The summed E-state index contributed by atoms with van der Waals surface area (Å²) < 4.78 is 4.72. The number of piperidine rings is 1. The molecule has 5 heteroatoms. The first-order valence-corrected chi connectivity index (χ1v) is 4.67. The average Bonchev–Trinajstić information content (AvgIpc) is 2.87. The van der Waals surface area contributed by atoms with E-state index in [0.717, 1.165) is 4.90 Å². The first-order chi connectivity index (χ1) is 6.65. The Balaban J connectivity index is 1.92. The number of fused-ring (bicyclic) bond motifs is 1. The van der Waals surface area contributed by atoms with Gasteiger partial charge in [0.25, 0.3) is 0 Å². The summed E-state index contributed by atoms with van der Waals surface area (Å²) in [6.07, 6.45) is -0.0699. The molecule has 0 aromatic heterocycles. The van der Waals surface area contributed by atoms with Crippen molar-refractivity contribution in [2.75, 3.05) is 20.3 Å². The molecule has 1 saturated carbocycles. The van der Waals surface area contributed by atoms with Crippen molar-refractivity contribution in [3.05, 3.63) is 0 Å². The fraction of sp³-hybridized carbons (Fsp3) is 0.778. The second-order valence-electron chi connectivity index (χ2n) is 3.84. The summed E-state index contributed by atoms with van der Waals surface area (Å²) in [6.45, 7) is 0.213. The van der Waals surface area contributed by atoms with E-state index in [9.17, 15) is 14.7 Å². The van der Waals surface area contributed by atoms with Crippen LogP contribution >= 0.6 is 0 Å². The van der Waals surface area contributed by atoms with E-state index < -0.39 is 6.10 Å². The first kappa shape index (κ1) is 9.61. The molecule has 14 heavy (non-hydrogen) atoms. The van der Waals surface area contributed by atoms with Crippen LogP contribution in [0.3, 0.4) is 0 Å². The highest BCUT2D eigenvalue weighted by Crippen LogP contribution is 2.46. The Hall–Kier alpha value is -0.940. The van der Waals surface area contributed by atoms with E-state index in [-0.39, 0.29) is 36.8 Å². The number of ether oxygens (including phenoxy) is 1. The van der Waals surface area contributed by atoms with Gasteiger partial charge in [-0.05, 0) is 6.42 Å². The fourth-order valence-corrected chi connectivity index (χ4v) is 1.89. The second-order valence-corrected chi connectivity index (χ2v) is 3.84. The Morgan fingerprint density at radius 2 is 2.07 bits per heavy atom. The van der Waals surface area contributed by atoms with Crippen molar-refractivity contribution in [1.82, 2.24) is 4.90 Å². The van der Waals surface area contributed by atoms with Gasteiger partial charge in [-0.2, -0.15) is 0 Å². The minimum absolute atomic E-state index is 0.0680. The lowest BCUT2D eigenvalue weighted by atomic mass is 10.3. The zero-order chi connectivity index (χ0) is 10.3. The third-order valence-electron chi connectivity index (χ3n) is 2.71. The highest BCUT2D eigenvalue weighted by atomic mass is 16.5. The van der Waals surface area contributed by atoms with E-state index in [1.54, 1.807) is 0 Å². The summed E-state index contributed by atoms with van der Waals surface area (Å²) >= 11 is 0. The Morgan fingerprint density at radius 3 is 2.57 bits per heavy atom. The van der Waals surface area contributed by atoms with Crippen molar-refractivity contribution in [2.24, 2.45) is 11.8 Å². The highest BCUT2D eigenvalue weighted by Gasteiger charge is 2.58. The Labute approximate surface area is 81.6 Å². The van der Waals surface area contributed by atoms with E-state index in [1.807, 2.05) is 0 Å². The summed E-state index contributed by atoms with van der Waals surface area (Å²) in [5.41, 5.74) is 0. The Bertz CT molecular complexity index is 258. The van der Waals surface area contributed by atoms with Gasteiger partial charge in [0.15, 0.2) is 0 Å². The second kappa shape index (κ2) is 3.33. The molecule has 1 saturated heterocycles. The van der Waals surface area contributed by atoms with E-state index in [1.165, 1.54) is 7.11 Å². The molecular formula is C9H13NO4. The molecule has 0 spiro atoms. The van der Waals surface area contributed by atoms with Crippen molar-refractivity contribution < 1.29 is 19.4 Å². The van der Waals surface area contributed by atoms with Gasteiger partial charge in [0.1, 0.15) is 0 Å². The molecule has 5 nitrogen and oxygen atoms in total. The number of imide groups is 1. The van der Waals surface area contributed by atoms with Crippen molar-refractivity contribution in [1.29, 1.82) is 0 Å². The summed E-state index contributed by atoms with van der Waals surface area (Å²) in [5, 5.41) is 9.38. The average molecular weight is 199 g/mol. The Kier molecular flexibility index (Phi) is 2.28. The molecule has 3 unspecified atom stereocenters. The molecular weight excluding hydrogens is 186 g/mol. The Morgan fingerprint density at radius 1 is 1.50 bits per heavy atom. The van der Waals surface area contributed by atoms with Gasteiger partial charge in [0.05, 0.1) is 31.1 Å². The van der Waals surface area contributed by atoms with E-state index >= 15 is 0 Å². The van der Waals surface area contributed by atoms with Gasteiger partial charge >= 0.3 is 0 Å². The minimum atomic E-state index is -0.773. The fourth-order valence-electron chi connectivity index (χ4n) is 1.89. The number of carbonyl (C=O) groups excluding carboxylic acids is 2. The molecule has 1 heterocycles. The van der Waals surface area contributed by atoms with Crippen LogP contribution in [0.2, 0.25) is 0 Å². The monoisotopic (exact) mass is 199 g/mol. The van der Waals surface area contributed by atoms with Crippen LogP contribution in [-0.2, 0) is 14.3 Å². The molecule has 78 valence electrons. The van der Waals surface area contributed by atoms with E-state index in [4.69, 9.17) is 4.74 Å². The number of nitrogens with zero attached hydrogens (tertiary/aromatic N) is 1. The molecule has 0 aromatic rings. The topological polar surface area (TPSA) is 66.8 Å². The van der Waals surface area contributed by atoms with E-state index in [0.29, 0.717) is 6.42 Å². The van der Waals surface area contributed by atoms with Crippen LogP contribution in [0.15, 0.2) is 0 Å². The molecule has 2 amide bonds. The third-order valence-corrected chi connectivity index (χ3v) is 2.71. The highest BCUT2D eigenvalue weighted by molar-refractivity contribution is 6.08. The number of carbonyl (C=O) groups is 2. The maximum absolute atomic E-state index is 11.5. The zero-order valence-electron chi connectivity index (χ0n) is 7.97. The van der Waals surface area contributed by atoms with Gasteiger partial charge in [-0.15, -0.1) is 0 Å². The van der Waals surface area contributed by atoms with Gasteiger partial charge in [-0.25, -0.2) is 0 Å². The third kappa shape index (κ3) is 1.42. The standard InChI is InChI=1S/C9H13NO4/c1-14-4-5(11)3-10-8(12)6-2-7(6)9(10)13/h5-7,11H,2-4H2,1H3. The lowest BCUT2D eigenvalue weighted by molar-refractivity contribution is -0.143. The lowest BCUT2D eigenvalue weighted by Gasteiger charge is -2.19. The zero-order valence-corrected chi connectivity index (χ0v) is 7.97. The summed E-state index contributed by atoms with van der Waals surface area (Å²) in [5.74, 6) is -0.431. The molecule has 0 aromatic carbocycles. The maximum Gasteiger partial charge on any atom is 0.233 e. The predicted octanol–water partition coefficient (Wildman–Crippen LogP) is -1.00. The van der Waals surface area contributed by atoms with Gasteiger partial charge in [0, 0.05) is 7.11 Å². The molecule has 1 aliphatic heterocycles. The van der Waals surface area contributed by atoms with Gasteiger partial charge in [-0.3, -0.25) is 14.5 Å². The largest absolute Gasteiger partial charge is 0.389 e. The summed E-state index contributed by atoms with van der Waals surface area (Å²) in [6, 6.07) is 0. The number of aliphatic hydroxyl groups is 1. The van der Waals surface area contributed by atoms with Crippen LogP contribution in [0.5, 0.6) is 0 Å². The number of hydrogen-bond donors (Lipinski definition) is 1. The number of methoxy groups -OCH3 is 1. The lowest BCUT2D eigenvalue weighted by Crippen LogP contribution is -2.40. The van der Waals surface area contributed by atoms with E-state index in [2.05, 4.69) is 0 Å². The van der Waals surface area contributed by atoms with Crippen LogP contribution in [0.4, 0.5) is 0 Å². The molecule has 0 bridgehead atoms. The van der Waals surface area contributed by atoms with Crippen LogP contribution in [-0.4, -0.2) is 48.2 Å². The molecule has 2 aliphatic rings. The van der Waals surface area contributed by atoms with Gasteiger partial charge < -0.3 is 9.84 Å². The van der Waals surface area contributed by atoms with Crippen molar-refractivity contribution >= 4 is 11.8 Å². The molecule has 0 radical (unpaired) electrons. The first-order valence-electron chi connectivity index (χ1n) is 4.67. The predicted molar refractivity (Wildman–Crippen MR) is 46.2 cm³/mol. The molecule has 2 rings (SSSR count). The van der Waals surface area contributed by atoms with Gasteiger partial charge in [0.2, 0.25) is 11.8 Å².